The molecule has 0 fully saturated rings. The van der Waals surface area contributed by atoms with Crippen LogP contribution in [0.15, 0.2) is 231 Å². The highest BCUT2D eigenvalue weighted by Gasteiger charge is 2.24. The molecule has 15 aromatic rings. The van der Waals surface area contributed by atoms with Crippen molar-refractivity contribution in [2.24, 2.45) is 0 Å². The lowest BCUT2D eigenvalue weighted by Gasteiger charge is -2.23. The van der Waals surface area contributed by atoms with Crippen molar-refractivity contribution in [3.8, 4) is 45.5 Å². The molecule has 0 N–H and O–H groups in total. The summed E-state index contributed by atoms with van der Waals surface area (Å²) in [6, 6.07) is 81.7. The van der Waals surface area contributed by atoms with Gasteiger partial charge in [0.15, 0.2) is 11.6 Å². The van der Waals surface area contributed by atoms with E-state index in [2.05, 4.69) is 253 Å². The van der Waals surface area contributed by atoms with Crippen molar-refractivity contribution >= 4 is 104 Å². The van der Waals surface area contributed by atoms with Gasteiger partial charge in [-0.3, -0.25) is 4.57 Å². The van der Waals surface area contributed by atoms with Crippen LogP contribution >= 0.6 is 0 Å². The number of allylic oxidation sites excluding steroid dienone is 1. The second-order valence-corrected chi connectivity index (χ2v) is 20.3. The standard InChI is InChI=1S/C70H45N5/c1-42-16-15-27-58-52-23-9-7-22-51(52)55-35-31-46(41-62(55)67(42)58)69-71-68(45-30-34-54-50-21-6-5-19-48(50)49-20-8-10-24-53(49)59(54)40-45)72-70(73-69)75-64-29-14-12-26-57(64)61-39-44(33-37-66(61)75)43-32-36-65-60(38-43)56-25-11-13-28-63(56)74(65)47-17-3-2-4-18-47/h2-15,17-42H,16H2,1H3. The molecule has 0 saturated carbocycles. The average Bonchev–Trinajstić information content (AvgIpc) is 3.99. The largest absolute Gasteiger partial charge is 0.309 e. The summed E-state index contributed by atoms with van der Waals surface area (Å²) in [7, 11) is 0. The van der Waals surface area contributed by atoms with Gasteiger partial charge in [0.2, 0.25) is 5.95 Å². The van der Waals surface area contributed by atoms with E-state index >= 15 is 0 Å². The summed E-state index contributed by atoms with van der Waals surface area (Å²) >= 11 is 0. The Morgan fingerprint density at radius 2 is 0.747 bits per heavy atom. The molecule has 0 aliphatic heterocycles. The third-order valence-electron chi connectivity index (χ3n) is 16.2. The second-order valence-electron chi connectivity index (χ2n) is 20.3. The molecular formula is C70H45N5. The van der Waals surface area contributed by atoms with Crippen molar-refractivity contribution in [1.29, 1.82) is 0 Å². The Morgan fingerprint density at radius 3 is 1.35 bits per heavy atom. The molecule has 0 spiro atoms. The third kappa shape index (κ3) is 6.28. The predicted octanol–water partition coefficient (Wildman–Crippen LogP) is 18.4. The quantitative estimate of drug-likeness (QED) is 0.162. The molecule has 350 valence electrons. The zero-order valence-corrected chi connectivity index (χ0v) is 41.0. The maximum atomic E-state index is 5.52. The van der Waals surface area contributed by atoms with E-state index in [1.54, 1.807) is 0 Å². The SMILES string of the molecule is CC1CC=Cc2c1c1cc(-c3nc(-c4ccc5c6ccccc6c6ccccc6c5c4)nc(-n4c5ccccc5c5cc(-c6ccc7c(c6)c6ccccc6n7-c6ccccc6)ccc54)n3)ccc1c1ccccc21. The molecular weight excluding hydrogens is 911 g/mol. The molecule has 16 rings (SSSR count). The van der Waals surface area contributed by atoms with Gasteiger partial charge in [0.25, 0.3) is 0 Å². The van der Waals surface area contributed by atoms with Crippen LogP contribution < -0.4 is 0 Å². The molecule has 5 nitrogen and oxygen atoms in total. The van der Waals surface area contributed by atoms with Gasteiger partial charge < -0.3 is 4.57 Å². The van der Waals surface area contributed by atoms with Crippen molar-refractivity contribution in [3.05, 3.63) is 242 Å². The van der Waals surface area contributed by atoms with Crippen LogP contribution in [0, 0.1) is 0 Å². The molecule has 12 aromatic carbocycles. The maximum absolute atomic E-state index is 5.52. The fraction of sp³-hybridized carbons (Fsp3) is 0.0429. The molecule has 0 radical (unpaired) electrons. The fourth-order valence-corrected chi connectivity index (χ4v) is 12.7. The number of para-hydroxylation sites is 3. The van der Waals surface area contributed by atoms with E-state index in [-0.39, 0.29) is 0 Å². The summed E-state index contributed by atoms with van der Waals surface area (Å²) in [6.07, 6.45) is 5.65. The number of hydrogen-bond acceptors (Lipinski definition) is 3. The van der Waals surface area contributed by atoms with Gasteiger partial charge in [0.1, 0.15) is 0 Å². The van der Waals surface area contributed by atoms with E-state index in [9.17, 15) is 0 Å². The van der Waals surface area contributed by atoms with E-state index in [1.165, 1.54) is 86.8 Å². The van der Waals surface area contributed by atoms with E-state index < -0.39 is 0 Å². The molecule has 3 aromatic heterocycles. The second kappa shape index (κ2) is 16.1. The van der Waals surface area contributed by atoms with Crippen molar-refractivity contribution in [2.75, 3.05) is 0 Å². The molecule has 1 unspecified atom stereocenters. The number of benzene rings is 12. The van der Waals surface area contributed by atoms with Crippen LogP contribution in [0.2, 0.25) is 0 Å². The Labute approximate surface area is 431 Å². The minimum absolute atomic E-state index is 0.361. The van der Waals surface area contributed by atoms with E-state index in [0.717, 1.165) is 56.2 Å². The number of nitrogens with zero attached hydrogens (tertiary/aromatic N) is 5. The minimum Gasteiger partial charge on any atom is -0.309 e. The van der Waals surface area contributed by atoms with E-state index in [0.29, 0.717) is 23.5 Å². The van der Waals surface area contributed by atoms with Gasteiger partial charge >= 0.3 is 0 Å². The molecule has 0 saturated heterocycles. The van der Waals surface area contributed by atoms with E-state index in [1.807, 2.05) is 0 Å². The summed E-state index contributed by atoms with van der Waals surface area (Å²) in [5.74, 6) is 2.19. The van der Waals surface area contributed by atoms with Crippen LogP contribution in [0.4, 0.5) is 0 Å². The van der Waals surface area contributed by atoms with Crippen LogP contribution in [-0.2, 0) is 0 Å². The Bertz CT molecular complexity index is 4910. The number of aromatic nitrogens is 5. The zero-order chi connectivity index (χ0) is 49.3. The molecule has 1 aliphatic carbocycles. The van der Waals surface area contributed by atoms with Gasteiger partial charge in [0, 0.05) is 38.4 Å². The van der Waals surface area contributed by atoms with Crippen LogP contribution in [-0.4, -0.2) is 24.1 Å². The first-order valence-electron chi connectivity index (χ1n) is 26.0. The lowest BCUT2D eigenvalue weighted by atomic mass is 9.81. The molecule has 0 amide bonds. The Morgan fingerprint density at radius 1 is 0.333 bits per heavy atom. The topological polar surface area (TPSA) is 48.5 Å². The molecule has 0 bridgehead atoms. The van der Waals surface area contributed by atoms with Gasteiger partial charge in [-0.05, 0) is 149 Å². The lowest BCUT2D eigenvalue weighted by Crippen LogP contribution is -2.07. The monoisotopic (exact) mass is 955 g/mol. The number of fused-ring (bicyclic) bond motifs is 18. The van der Waals surface area contributed by atoms with Gasteiger partial charge in [0.05, 0.1) is 22.1 Å². The molecule has 5 heteroatoms. The first-order chi connectivity index (χ1) is 37.1. The smallest absolute Gasteiger partial charge is 0.238 e. The Kier molecular flexibility index (Phi) is 9.01. The summed E-state index contributed by atoms with van der Waals surface area (Å²) in [5, 5.41) is 17.1. The summed E-state index contributed by atoms with van der Waals surface area (Å²) in [4.78, 5) is 16.5. The summed E-state index contributed by atoms with van der Waals surface area (Å²) in [6.45, 7) is 2.35. The van der Waals surface area contributed by atoms with Crippen LogP contribution in [0.1, 0.15) is 30.4 Å². The van der Waals surface area contributed by atoms with E-state index in [4.69, 9.17) is 15.0 Å². The average molecular weight is 956 g/mol. The minimum atomic E-state index is 0.361. The molecule has 1 aliphatic rings. The van der Waals surface area contributed by atoms with Crippen molar-refractivity contribution in [1.82, 2.24) is 24.1 Å². The highest BCUT2D eigenvalue weighted by molar-refractivity contribution is 6.26. The first-order valence-corrected chi connectivity index (χ1v) is 26.0. The highest BCUT2D eigenvalue weighted by Crippen LogP contribution is 2.44. The zero-order valence-electron chi connectivity index (χ0n) is 41.0. The van der Waals surface area contributed by atoms with Crippen molar-refractivity contribution in [2.45, 2.75) is 19.3 Å². The molecule has 1 atom stereocenters. The highest BCUT2D eigenvalue weighted by atomic mass is 15.2. The first kappa shape index (κ1) is 41.9. The van der Waals surface area contributed by atoms with Gasteiger partial charge in [-0.25, -0.2) is 4.98 Å². The number of hydrogen-bond donors (Lipinski definition) is 0. The van der Waals surface area contributed by atoms with Crippen LogP contribution in [0.5, 0.6) is 0 Å². The van der Waals surface area contributed by atoms with Gasteiger partial charge in [-0.2, -0.15) is 9.97 Å². The van der Waals surface area contributed by atoms with Crippen LogP contribution in [0.3, 0.4) is 0 Å². The Hall–Kier alpha value is -9.71. The van der Waals surface area contributed by atoms with Gasteiger partial charge in [-0.15, -0.1) is 0 Å². The number of rotatable bonds is 5. The maximum Gasteiger partial charge on any atom is 0.238 e. The van der Waals surface area contributed by atoms with Crippen molar-refractivity contribution < 1.29 is 0 Å². The summed E-state index contributed by atoms with van der Waals surface area (Å²) in [5.41, 5.74) is 12.5. The van der Waals surface area contributed by atoms with Crippen molar-refractivity contribution in [3.63, 3.8) is 0 Å². The summed E-state index contributed by atoms with van der Waals surface area (Å²) < 4.78 is 4.61. The molecule has 3 heterocycles. The normalized spacial score (nSPS) is 13.7. The third-order valence-corrected chi connectivity index (χ3v) is 16.2. The Balaban J connectivity index is 0.922. The molecule has 75 heavy (non-hydrogen) atoms. The lowest BCUT2D eigenvalue weighted by molar-refractivity contribution is 0.781. The fourth-order valence-electron chi connectivity index (χ4n) is 12.7. The predicted molar refractivity (Wildman–Crippen MR) is 314 cm³/mol. The van der Waals surface area contributed by atoms with Crippen LogP contribution in [0.25, 0.3) is 149 Å². The van der Waals surface area contributed by atoms with Gasteiger partial charge in [-0.1, -0.05) is 183 Å².